The Labute approximate surface area is 155 Å². The molecule has 2 rings (SSSR count). The van der Waals surface area contributed by atoms with Crippen LogP contribution in [0.4, 0.5) is 0 Å². The van der Waals surface area contributed by atoms with E-state index in [0.29, 0.717) is 6.54 Å². The van der Waals surface area contributed by atoms with Gasteiger partial charge in [0.2, 0.25) is 5.91 Å². The van der Waals surface area contributed by atoms with Gasteiger partial charge >= 0.3 is 0 Å². The van der Waals surface area contributed by atoms with Crippen LogP contribution in [0.5, 0.6) is 0 Å². The highest BCUT2D eigenvalue weighted by Gasteiger charge is 2.27. The normalized spacial score (nSPS) is 11.8. The van der Waals surface area contributed by atoms with E-state index in [-0.39, 0.29) is 36.1 Å². The molecule has 0 saturated heterocycles. The van der Waals surface area contributed by atoms with Gasteiger partial charge < -0.3 is 15.6 Å². The van der Waals surface area contributed by atoms with Crippen molar-refractivity contribution in [2.45, 2.75) is 39.9 Å². The number of amides is 1. The molecular weight excluding hydrogens is 347 g/mol. The molecule has 134 valence electrons. The van der Waals surface area contributed by atoms with Crippen LogP contribution in [-0.2, 0) is 17.9 Å². The number of nitrogens with zero attached hydrogens (tertiary/aromatic N) is 2. The molecule has 5 nitrogen and oxygen atoms in total. The quantitative estimate of drug-likeness (QED) is 0.847. The second-order valence-corrected chi connectivity index (χ2v) is 6.57. The van der Waals surface area contributed by atoms with Crippen molar-refractivity contribution in [3.63, 3.8) is 0 Å². The van der Waals surface area contributed by atoms with Gasteiger partial charge in [0.25, 0.3) is 0 Å². The number of aromatic nitrogens is 2. The summed E-state index contributed by atoms with van der Waals surface area (Å²) in [6.07, 6.45) is 5.46. The number of benzene rings is 1. The Morgan fingerprint density at radius 1 is 1.25 bits per heavy atom. The molecule has 0 spiro atoms. The predicted molar refractivity (Wildman–Crippen MR) is 102 cm³/mol. The van der Waals surface area contributed by atoms with Crippen molar-refractivity contribution in [1.29, 1.82) is 0 Å². The van der Waals surface area contributed by atoms with Crippen LogP contribution >= 0.6 is 24.8 Å². The molecule has 1 amide bonds. The van der Waals surface area contributed by atoms with E-state index in [4.69, 9.17) is 5.73 Å². The van der Waals surface area contributed by atoms with E-state index >= 15 is 0 Å². The minimum absolute atomic E-state index is 0. The first-order valence-electron chi connectivity index (χ1n) is 7.44. The number of nitrogens with one attached hydrogen (secondary N) is 1. The molecule has 1 aromatic heterocycles. The molecule has 1 atom stereocenters. The summed E-state index contributed by atoms with van der Waals surface area (Å²) in [5, 5.41) is 2.94. The molecule has 0 aliphatic carbocycles. The molecular formula is C17H26Cl2N4O. The Balaban J connectivity index is 0.00000264. The fourth-order valence-corrected chi connectivity index (χ4v) is 2.15. The molecule has 0 aliphatic heterocycles. The average Bonchev–Trinajstić information content (AvgIpc) is 2.97. The summed E-state index contributed by atoms with van der Waals surface area (Å²) in [4.78, 5) is 16.2. The Morgan fingerprint density at radius 3 is 2.42 bits per heavy atom. The van der Waals surface area contributed by atoms with Crippen LogP contribution in [0.1, 0.15) is 31.9 Å². The van der Waals surface area contributed by atoms with Crippen molar-refractivity contribution in [2.75, 3.05) is 0 Å². The highest BCUT2D eigenvalue weighted by atomic mass is 35.5. The van der Waals surface area contributed by atoms with E-state index in [2.05, 4.69) is 16.4 Å². The molecule has 0 radical (unpaired) electrons. The molecule has 1 heterocycles. The number of imidazole rings is 1. The van der Waals surface area contributed by atoms with Gasteiger partial charge in [0.15, 0.2) is 0 Å². The number of carbonyl (C=O) groups is 1. The lowest BCUT2D eigenvalue weighted by Crippen LogP contribution is -2.48. The largest absolute Gasteiger partial charge is 0.351 e. The van der Waals surface area contributed by atoms with Gasteiger partial charge in [-0.15, -0.1) is 24.8 Å². The van der Waals surface area contributed by atoms with Crippen molar-refractivity contribution in [1.82, 2.24) is 14.9 Å². The Bertz CT molecular complexity index is 624. The minimum atomic E-state index is -0.520. The number of hydrogen-bond donors (Lipinski definition) is 2. The van der Waals surface area contributed by atoms with Gasteiger partial charge in [0.1, 0.15) is 0 Å². The lowest BCUT2D eigenvalue weighted by molar-refractivity contribution is -0.124. The van der Waals surface area contributed by atoms with E-state index in [0.717, 1.165) is 17.7 Å². The SMILES string of the molecule is CC(C)(C)[C@H](N)C(=O)NCc1ccccc1Cn1ccnc1.Cl.Cl. The molecule has 0 aliphatic rings. The Kier molecular flexibility index (Phi) is 9.04. The number of hydrogen-bond acceptors (Lipinski definition) is 3. The third-order valence-electron chi connectivity index (χ3n) is 3.70. The van der Waals surface area contributed by atoms with Crippen LogP contribution < -0.4 is 11.1 Å². The zero-order valence-electron chi connectivity index (χ0n) is 14.2. The minimum Gasteiger partial charge on any atom is -0.351 e. The van der Waals surface area contributed by atoms with E-state index in [1.165, 1.54) is 0 Å². The number of nitrogens with two attached hydrogens (primary N) is 1. The summed E-state index contributed by atoms with van der Waals surface area (Å²) in [6.45, 7) is 7.10. The monoisotopic (exact) mass is 372 g/mol. The third kappa shape index (κ3) is 6.15. The van der Waals surface area contributed by atoms with Crippen LogP contribution in [0.3, 0.4) is 0 Å². The zero-order valence-corrected chi connectivity index (χ0v) is 15.9. The molecule has 1 aromatic carbocycles. The smallest absolute Gasteiger partial charge is 0.237 e. The van der Waals surface area contributed by atoms with Crippen molar-refractivity contribution in [3.05, 3.63) is 54.1 Å². The van der Waals surface area contributed by atoms with Crippen LogP contribution in [0.15, 0.2) is 43.0 Å². The van der Waals surface area contributed by atoms with E-state index in [1.807, 2.05) is 49.7 Å². The molecule has 0 bridgehead atoms. The third-order valence-corrected chi connectivity index (χ3v) is 3.70. The van der Waals surface area contributed by atoms with E-state index in [9.17, 15) is 4.79 Å². The first-order valence-corrected chi connectivity index (χ1v) is 7.44. The zero-order chi connectivity index (χ0) is 16.2. The lowest BCUT2D eigenvalue weighted by Gasteiger charge is -2.26. The van der Waals surface area contributed by atoms with E-state index in [1.54, 1.807) is 12.5 Å². The summed E-state index contributed by atoms with van der Waals surface area (Å²) in [6, 6.07) is 7.54. The Morgan fingerprint density at radius 2 is 1.88 bits per heavy atom. The molecule has 3 N–H and O–H groups in total. The predicted octanol–water partition coefficient (Wildman–Crippen LogP) is 2.76. The van der Waals surface area contributed by atoms with Crippen molar-refractivity contribution in [2.24, 2.45) is 11.1 Å². The fraction of sp³-hybridized carbons (Fsp3) is 0.412. The van der Waals surface area contributed by atoms with Gasteiger partial charge in [0, 0.05) is 25.5 Å². The molecule has 0 saturated carbocycles. The van der Waals surface area contributed by atoms with Crippen LogP contribution in [0.25, 0.3) is 0 Å². The van der Waals surface area contributed by atoms with Crippen LogP contribution in [0, 0.1) is 5.41 Å². The first kappa shape index (κ1) is 22.4. The fourth-order valence-electron chi connectivity index (χ4n) is 2.15. The van der Waals surface area contributed by atoms with Gasteiger partial charge in [-0.3, -0.25) is 4.79 Å². The number of rotatable bonds is 5. The summed E-state index contributed by atoms with van der Waals surface area (Å²) < 4.78 is 2.00. The lowest BCUT2D eigenvalue weighted by atomic mass is 9.87. The molecule has 7 heteroatoms. The Hall–Kier alpha value is -1.56. The standard InChI is InChI=1S/C17H24N4O.2ClH/c1-17(2,3)15(18)16(22)20-10-13-6-4-5-7-14(13)11-21-9-8-19-12-21;;/h4-9,12,15H,10-11,18H2,1-3H3,(H,20,22);2*1H/t15-;;/m1../s1. The van der Waals surface area contributed by atoms with Crippen molar-refractivity contribution < 1.29 is 4.79 Å². The summed E-state index contributed by atoms with van der Waals surface area (Å²) >= 11 is 0. The van der Waals surface area contributed by atoms with E-state index < -0.39 is 6.04 Å². The highest BCUT2D eigenvalue weighted by Crippen LogP contribution is 2.17. The first-order chi connectivity index (χ1) is 10.4. The van der Waals surface area contributed by atoms with Gasteiger partial charge in [-0.05, 0) is 16.5 Å². The summed E-state index contributed by atoms with van der Waals surface area (Å²) in [7, 11) is 0. The maximum absolute atomic E-state index is 12.1. The molecule has 0 fully saturated rings. The highest BCUT2D eigenvalue weighted by molar-refractivity contribution is 5.85. The van der Waals surface area contributed by atoms with Crippen LogP contribution in [-0.4, -0.2) is 21.5 Å². The summed E-state index contributed by atoms with van der Waals surface area (Å²) in [5.74, 6) is -0.120. The average molecular weight is 373 g/mol. The second kappa shape index (κ2) is 9.67. The maximum Gasteiger partial charge on any atom is 0.237 e. The van der Waals surface area contributed by atoms with Crippen LogP contribution in [0.2, 0.25) is 0 Å². The van der Waals surface area contributed by atoms with Crippen molar-refractivity contribution in [3.8, 4) is 0 Å². The number of halogens is 2. The van der Waals surface area contributed by atoms with Gasteiger partial charge in [-0.2, -0.15) is 0 Å². The molecule has 24 heavy (non-hydrogen) atoms. The topological polar surface area (TPSA) is 72.9 Å². The van der Waals surface area contributed by atoms with Gasteiger partial charge in [0.05, 0.1) is 12.4 Å². The summed E-state index contributed by atoms with van der Waals surface area (Å²) in [5.41, 5.74) is 7.98. The van der Waals surface area contributed by atoms with Crippen molar-refractivity contribution >= 4 is 30.7 Å². The second-order valence-electron chi connectivity index (χ2n) is 6.57. The van der Waals surface area contributed by atoms with Gasteiger partial charge in [-0.25, -0.2) is 4.98 Å². The molecule has 2 aromatic rings. The van der Waals surface area contributed by atoms with Gasteiger partial charge in [-0.1, -0.05) is 45.0 Å². The molecule has 0 unspecified atom stereocenters. The maximum atomic E-state index is 12.1. The number of carbonyl (C=O) groups excluding carboxylic acids is 1.